The van der Waals surface area contributed by atoms with E-state index in [0.29, 0.717) is 16.5 Å². The van der Waals surface area contributed by atoms with E-state index < -0.39 is 18.8 Å². The number of ether oxygens (including phenoxy) is 1. The van der Waals surface area contributed by atoms with Gasteiger partial charge in [-0.2, -0.15) is 0 Å². The molecule has 1 aromatic heterocycles. The number of hydrogen-bond acceptors (Lipinski definition) is 5. The third-order valence-corrected chi connectivity index (χ3v) is 3.32. The molecule has 2 aromatic rings. The van der Waals surface area contributed by atoms with Crippen molar-refractivity contribution in [3.8, 4) is 0 Å². The van der Waals surface area contributed by atoms with Crippen molar-refractivity contribution >= 4 is 35.6 Å². The Morgan fingerprint density at radius 1 is 1.17 bits per heavy atom. The lowest BCUT2D eigenvalue weighted by Gasteiger charge is -2.21. The maximum absolute atomic E-state index is 12.4. The number of amides is 1. The predicted octanol–water partition coefficient (Wildman–Crippen LogP) is 0.806. The molecule has 0 radical (unpaired) electrons. The fraction of sp³-hybridized carbons (Fsp3) is 0.375. The van der Waals surface area contributed by atoms with Gasteiger partial charge in [0.25, 0.3) is 5.91 Å². The van der Waals surface area contributed by atoms with Crippen molar-refractivity contribution in [2.24, 2.45) is 0 Å². The molecule has 128 valence electrons. The SMILES string of the molecule is CN(C)C(=O)c1ccc2c(c1)cc(B(O)O)n2C(=O)OC(C)(C)C. The second kappa shape index (κ2) is 6.29. The monoisotopic (exact) mass is 332 g/mol. The van der Waals surface area contributed by atoms with Crippen LogP contribution in [0.4, 0.5) is 4.79 Å². The van der Waals surface area contributed by atoms with E-state index in [9.17, 15) is 19.6 Å². The highest BCUT2D eigenvalue weighted by Crippen LogP contribution is 2.19. The summed E-state index contributed by atoms with van der Waals surface area (Å²) < 4.78 is 6.43. The van der Waals surface area contributed by atoms with Crippen LogP contribution in [0.25, 0.3) is 10.9 Å². The van der Waals surface area contributed by atoms with E-state index in [1.165, 1.54) is 11.0 Å². The molecule has 0 saturated carbocycles. The molecule has 0 atom stereocenters. The first-order valence-electron chi connectivity index (χ1n) is 7.48. The zero-order valence-electron chi connectivity index (χ0n) is 14.4. The quantitative estimate of drug-likeness (QED) is 0.794. The standard InChI is InChI=1S/C16H21BN2O5/c1-16(2,3)24-15(21)19-12-7-6-10(14(20)18(4)5)8-11(12)9-13(19)17(22)23/h6-9,22-23H,1-5H3. The van der Waals surface area contributed by atoms with E-state index in [0.717, 1.165) is 4.57 Å². The molecule has 1 amide bonds. The Morgan fingerprint density at radius 2 is 1.79 bits per heavy atom. The Hall–Kier alpha value is -2.32. The molecule has 1 aromatic carbocycles. The van der Waals surface area contributed by atoms with Crippen LogP contribution >= 0.6 is 0 Å². The van der Waals surface area contributed by atoms with Crippen LogP contribution in [0.15, 0.2) is 24.3 Å². The summed E-state index contributed by atoms with van der Waals surface area (Å²) in [5.74, 6) is -0.187. The van der Waals surface area contributed by atoms with Crippen LogP contribution in [0.1, 0.15) is 31.1 Å². The van der Waals surface area contributed by atoms with Crippen molar-refractivity contribution in [1.29, 1.82) is 0 Å². The second-order valence-electron chi connectivity index (χ2n) is 6.73. The topological polar surface area (TPSA) is 92.0 Å². The molecule has 0 fully saturated rings. The van der Waals surface area contributed by atoms with Gasteiger partial charge >= 0.3 is 13.2 Å². The largest absolute Gasteiger partial charge is 0.506 e. The van der Waals surface area contributed by atoms with Gasteiger partial charge < -0.3 is 19.7 Å². The van der Waals surface area contributed by atoms with E-state index in [1.807, 2.05) is 0 Å². The maximum atomic E-state index is 12.4. The Morgan fingerprint density at radius 3 is 2.29 bits per heavy atom. The molecule has 2 rings (SSSR count). The summed E-state index contributed by atoms with van der Waals surface area (Å²) in [6.45, 7) is 5.17. The van der Waals surface area contributed by atoms with Crippen molar-refractivity contribution in [1.82, 2.24) is 9.47 Å². The number of hydrogen-bond donors (Lipinski definition) is 2. The van der Waals surface area contributed by atoms with E-state index in [1.54, 1.807) is 53.1 Å². The predicted molar refractivity (Wildman–Crippen MR) is 91.4 cm³/mol. The lowest BCUT2D eigenvalue weighted by atomic mass is 9.86. The van der Waals surface area contributed by atoms with Gasteiger partial charge in [0.1, 0.15) is 5.60 Å². The van der Waals surface area contributed by atoms with Gasteiger partial charge in [0.05, 0.1) is 11.1 Å². The fourth-order valence-electron chi connectivity index (χ4n) is 2.33. The molecule has 0 saturated heterocycles. The number of aromatic nitrogens is 1. The van der Waals surface area contributed by atoms with E-state index in [4.69, 9.17) is 4.74 Å². The first kappa shape index (κ1) is 18.0. The van der Waals surface area contributed by atoms with Crippen LogP contribution in [0.3, 0.4) is 0 Å². The van der Waals surface area contributed by atoms with Crippen molar-refractivity contribution in [3.63, 3.8) is 0 Å². The van der Waals surface area contributed by atoms with Gasteiger partial charge in [-0.1, -0.05) is 0 Å². The van der Waals surface area contributed by atoms with Gasteiger partial charge in [-0.3, -0.25) is 9.36 Å². The molecule has 1 heterocycles. The Balaban J connectivity index is 2.59. The minimum absolute atomic E-state index is 0.0197. The van der Waals surface area contributed by atoms with Crippen LogP contribution in [-0.2, 0) is 4.74 Å². The second-order valence-corrected chi connectivity index (χ2v) is 6.73. The number of carbonyl (C=O) groups excluding carboxylic acids is 2. The van der Waals surface area contributed by atoms with Gasteiger partial charge in [-0.05, 0) is 45.0 Å². The molecule has 0 unspecified atom stereocenters. The molecule has 0 aliphatic heterocycles. The highest BCUT2D eigenvalue weighted by molar-refractivity contribution is 6.59. The highest BCUT2D eigenvalue weighted by atomic mass is 16.6. The van der Waals surface area contributed by atoms with Gasteiger partial charge in [0, 0.05) is 25.0 Å². The summed E-state index contributed by atoms with van der Waals surface area (Å²) in [6, 6.07) is 6.22. The molecule has 8 heteroatoms. The minimum Gasteiger partial charge on any atom is -0.443 e. The summed E-state index contributed by atoms with van der Waals surface area (Å²) >= 11 is 0. The summed E-state index contributed by atoms with van der Waals surface area (Å²) in [7, 11) is 1.43. The average Bonchev–Trinajstić information content (AvgIpc) is 2.83. The zero-order chi connectivity index (χ0) is 18.2. The van der Waals surface area contributed by atoms with Gasteiger partial charge in [0.2, 0.25) is 0 Å². The van der Waals surface area contributed by atoms with Crippen molar-refractivity contribution < 1.29 is 24.4 Å². The van der Waals surface area contributed by atoms with E-state index in [2.05, 4.69) is 0 Å². The highest BCUT2D eigenvalue weighted by Gasteiger charge is 2.27. The Bertz CT molecular complexity index is 790. The fourth-order valence-corrected chi connectivity index (χ4v) is 2.33. The molecular weight excluding hydrogens is 311 g/mol. The summed E-state index contributed by atoms with van der Waals surface area (Å²) in [4.78, 5) is 25.9. The van der Waals surface area contributed by atoms with Crippen molar-refractivity contribution in [2.45, 2.75) is 26.4 Å². The summed E-state index contributed by atoms with van der Waals surface area (Å²) in [5.41, 5.74) is 0.121. The molecular formula is C16H21BN2O5. The molecule has 0 aliphatic rings. The van der Waals surface area contributed by atoms with Crippen molar-refractivity contribution in [3.05, 3.63) is 29.8 Å². The molecule has 2 N–H and O–H groups in total. The molecule has 0 spiro atoms. The zero-order valence-corrected chi connectivity index (χ0v) is 14.4. The number of rotatable bonds is 2. The molecule has 7 nitrogen and oxygen atoms in total. The Kier molecular flexibility index (Phi) is 4.73. The van der Waals surface area contributed by atoms with Crippen LogP contribution in [0, 0.1) is 0 Å². The van der Waals surface area contributed by atoms with Gasteiger partial charge in [0.15, 0.2) is 0 Å². The van der Waals surface area contributed by atoms with Crippen LogP contribution in [-0.4, -0.2) is 58.3 Å². The first-order chi connectivity index (χ1) is 11.0. The number of benzene rings is 1. The van der Waals surface area contributed by atoms with Gasteiger partial charge in [-0.15, -0.1) is 0 Å². The van der Waals surface area contributed by atoms with Crippen LogP contribution < -0.4 is 5.59 Å². The smallest absolute Gasteiger partial charge is 0.443 e. The lowest BCUT2D eigenvalue weighted by Crippen LogP contribution is -2.40. The number of carbonyl (C=O) groups is 2. The minimum atomic E-state index is -1.85. The number of fused-ring (bicyclic) bond motifs is 1. The van der Waals surface area contributed by atoms with Crippen LogP contribution in [0.5, 0.6) is 0 Å². The molecule has 24 heavy (non-hydrogen) atoms. The normalized spacial score (nSPS) is 11.5. The third kappa shape index (κ3) is 3.60. The average molecular weight is 332 g/mol. The molecule has 0 bridgehead atoms. The lowest BCUT2D eigenvalue weighted by molar-refractivity contribution is 0.0547. The van der Waals surface area contributed by atoms with E-state index in [-0.39, 0.29) is 11.5 Å². The Labute approximate surface area is 140 Å². The number of nitrogens with zero attached hydrogens (tertiary/aromatic N) is 2. The molecule has 0 aliphatic carbocycles. The van der Waals surface area contributed by atoms with Crippen LogP contribution in [0.2, 0.25) is 0 Å². The maximum Gasteiger partial charge on any atom is 0.506 e. The third-order valence-electron chi connectivity index (χ3n) is 3.32. The first-order valence-corrected chi connectivity index (χ1v) is 7.48. The summed E-state index contributed by atoms with van der Waals surface area (Å²) in [6.07, 6.45) is -0.715. The van der Waals surface area contributed by atoms with E-state index >= 15 is 0 Å². The van der Waals surface area contributed by atoms with Gasteiger partial charge in [-0.25, -0.2) is 4.79 Å². The van der Waals surface area contributed by atoms with Crippen molar-refractivity contribution in [2.75, 3.05) is 14.1 Å². The summed E-state index contributed by atoms with van der Waals surface area (Å²) in [5, 5.41) is 19.7.